The molecule has 100 valence electrons. The predicted molar refractivity (Wildman–Crippen MR) is 70.5 cm³/mol. The van der Waals surface area contributed by atoms with Crippen molar-refractivity contribution in [3.8, 4) is 0 Å². The van der Waals surface area contributed by atoms with Gasteiger partial charge in [0.2, 0.25) is 5.91 Å². The van der Waals surface area contributed by atoms with Gasteiger partial charge in [0.15, 0.2) is 5.78 Å². The van der Waals surface area contributed by atoms with E-state index in [1.165, 1.54) is 0 Å². The average Bonchev–Trinajstić information content (AvgIpc) is 2.76. The topological polar surface area (TPSA) is 46.6 Å². The molecule has 0 aromatic heterocycles. The highest BCUT2D eigenvalue weighted by Crippen LogP contribution is 2.36. The number of morpholine rings is 1. The highest BCUT2D eigenvalue weighted by Gasteiger charge is 2.36. The Bertz CT molecular complexity index is 537. The molecule has 1 atom stereocenters. The van der Waals surface area contributed by atoms with E-state index in [1.807, 2.05) is 0 Å². The Morgan fingerprint density at radius 2 is 2.05 bits per heavy atom. The van der Waals surface area contributed by atoms with Crippen LogP contribution in [0.2, 0.25) is 5.02 Å². The highest BCUT2D eigenvalue weighted by atomic mass is 35.5. The first-order chi connectivity index (χ1) is 9.16. The summed E-state index contributed by atoms with van der Waals surface area (Å²) in [6.07, 6.45) is 0.256. The minimum atomic E-state index is -0.349. The van der Waals surface area contributed by atoms with Crippen LogP contribution in [0.15, 0.2) is 18.2 Å². The Hall–Kier alpha value is -1.39. The van der Waals surface area contributed by atoms with Gasteiger partial charge in [0, 0.05) is 30.1 Å². The van der Waals surface area contributed by atoms with Crippen LogP contribution >= 0.6 is 11.6 Å². The Labute approximate surface area is 116 Å². The molecule has 0 bridgehead atoms. The Morgan fingerprint density at radius 1 is 1.32 bits per heavy atom. The number of nitrogens with zero attached hydrogens (tertiary/aromatic N) is 1. The Kier molecular flexibility index (Phi) is 3.29. The van der Waals surface area contributed by atoms with E-state index in [1.54, 1.807) is 23.1 Å². The molecule has 1 amide bonds. The van der Waals surface area contributed by atoms with Crippen molar-refractivity contribution in [2.75, 3.05) is 26.3 Å². The number of carbonyl (C=O) groups is 2. The van der Waals surface area contributed by atoms with Gasteiger partial charge in [0.1, 0.15) is 0 Å². The van der Waals surface area contributed by atoms with Crippen molar-refractivity contribution in [3.05, 3.63) is 34.3 Å². The molecule has 1 aromatic rings. The summed E-state index contributed by atoms with van der Waals surface area (Å²) >= 11 is 5.90. The number of halogens is 1. The summed E-state index contributed by atoms with van der Waals surface area (Å²) in [5.74, 6) is -0.320. The second-order valence-electron chi connectivity index (χ2n) is 4.85. The molecule has 1 aromatic carbocycles. The summed E-state index contributed by atoms with van der Waals surface area (Å²) in [5.41, 5.74) is 1.41. The second-order valence-corrected chi connectivity index (χ2v) is 5.29. The van der Waals surface area contributed by atoms with Gasteiger partial charge in [-0.2, -0.15) is 0 Å². The van der Waals surface area contributed by atoms with Crippen LogP contribution < -0.4 is 0 Å². The van der Waals surface area contributed by atoms with Gasteiger partial charge >= 0.3 is 0 Å². The highest BCUT2D eigenvalue weighted by molar-refractivity contribution is 6.31. The number of hydrogen-bond donors (Lipinski definition) is 0. The molecule has 1 saturated heterocycles. The lowest BCUT2D eigenvalue weighted by Gasteiger charge is -2.29. The molecular formula is C14H14ClNO3. The van der Waals surface area contributed by atoms with Crippen molar-refractivity contribution >= 4 is 23.3 Å². The van der Waals surface area contributed by atoms with Crippen LogP contribution in [-0.4, -0.2) is 42.9 Å². The number of fused-ring (bicyclic) bond motifs is 1. The monoisotopic (exact) mass is 279 g/mol. The lowest BCUT2D eigenvalue weighted by molar-refractivity contribution is -0.136. The van der Waals surface area contributed by atoms with E-state index in [2.05, 4.69) is 0 Å². The van der Waals surface area contributed by atoms with Crippen LogP contribution in [-0.2, 0) is 9.53 Å². The van der Waals surface area contributed by atoms with Crippen molar-refractivity contribution in [1.82, 2.24) is 4.90 Å². The Morgan fingerprint density at radius 3 is 2.79 bits per heavy atom. The molecule has 1 fully saturated rings. The maximum absolute atomic E-state index is 12.5. The Balaban J connectivity index is 1.87. The molecular weight excluding hydrogens is 266 g/mol. The summed E-state index contributed by atoms with van der Waals surface area (Å²) in [4.78, 5) is 26.2. The van der Waals surface area contributed by atoms with Crippen LogP contribution in [0.25, 0.3) is 0 Å². The van der Waals surface area contributed by atoms with Crippen LogP contribution in [0.4, 0.5) is 0 Å². The number of amides is 1. The lowest BCUT2D eigenvalue weighted by atomic mass is 9.99. The fourth-order valence-electron chi connectivity index (χ4n) is 2.70. The van der Waals surface area contributed by atoms with Crippen molar-refractivity contribution in [3.63, 3.8) is 0 Å². The average molecular weight is 280 g/mol. The van der Waals surface area contributed by atoms with Crippen molar-refractivity contribution in [2.24, 2.45) is 0 Å². The molecule has 0 radical (unpaired) electrons. The minimum Gasteiger partial charge on any atom is -0.378 e. The van der Waals surface area contributed by atoms with Gasteiger partial charge in [-0.3, -0.25) is 9.59 Å². The van der Waals surface area contributed by atoms with E-state index >= 15 is 0 Å². The molecule has 1 aliphatic carbocycles. The second kappa shape index (κ2) is 4.94. The number of ether oxygens (including phenoxy) is 1. The fraction of sp³-hybridized carbons (Fsp3) is 0.429. The van der Waals surface area contributed by atoms with Crippen LogP contribution in [0.3, 0.4) is 0 Å². The summed E-state index contributed by atoms with van der Waals surface area (Å²) in [7, 11) is 0. The quantitative estimate of drug-likeness (QED) is 0.788. The van der Waals surface area contributed by atoms with Crippen LogP contribution in [0.1, 0.15) is 28.3 Å². The van der Waals surface area contributed by atoms with Crippen molar-refractivity contribution in [2.45, 2.75) is 12.3 Å². The zero-order chi connectivity index (χ0) is 13.4. The van der Waals surface area contributed by atoms with Crippen molar-refractivity contribution in [1.29, 1.82) is 0 Å². The van der Waals surface area contributed by atoms with Gasteiger partial charge in [0.05, 0.1) is 19.1 Å². The summed E-state index contributed by atoms with van der Waals surface area (Å²) < 4.78 is 5.24. The summed E-state index contributed by atoms with van der Waals surface area (Å²) in [6, 6.07) is 5.19. The molecule has 5 heteroatoms. The third-order valence-corrected chi connectivity index (χ3v) is 3.94. The van der Waals surface area contributed by atoms with Gasteiger partial charge in [-0.1, -0.05) is 17.7 Å². The first kappa shape index (κ1) is 12.6. The molecule has 1 heterocycles. The number of carbonyl (C=O) groups excluding carboxylic acids is 2. The SMILES string of the molecule is O=C1CC(C(=O)N2CCOCC2)c2ccc(Cl)cc21. The molecule has 2 aliphatic rings. The summed E-state index contributed by atoms with van der Waals surface area (Å²) in [5, 5.41) is 0.534. The fourth-order valence-corrected chi connectivity index (χ4v) is 2.88. The van der Waals surface area contributed by atoms with E-state index in [0.29, 0.717) is 36.9 Å². The van der Waals surface area contributed by atoms with E-state index in [9.17, 15) is 9.59 Å². The number of ketones is 1. The van der Waals surface area contributed by atoms with Gasteiger partial charge < -0.3 is 9.64 Å². The lowest BCUT2D eigenvalue weighted by Crippen LogP contribution is -2.42. The molecule has 19 heavy (non-hydrogen) atoms. The van der Waals surface area contributed by atoms with Gasteiger partial charge in [-0.15, -0.1) is 0 Å². The van der Waals surface area contributed by atoms with Gasteiger partial charge in [-0.25, -0.2) is 0 Å². The zero-order valence-corrected chi connectivity index (χ0v) is 11.2. The molecule has 1 aliphatic heterocycles. The van der Waals surface area contributed by atoms with E-state index in [-0.39, 0.29) is 24.0 Å². The molecule has 3 rings (SSSR count). The molecule has 1 unspecified atom stereocenters. The minimum absolute atomic E-state index is 0.00381. The smallest absolute Gasteiger partial charge is 0.230 e. The first-order valence-electron chi connectivity index (χ1n) is 6.36. The number of benzene rings is 1. The van der Waals surface area contributed by atoms with Crippen LogP contribution in [0, 0.1) is 0 Å². The third-order valence-electron chi connectivity index (χ3n) is 3.70. The standard InChI is InChI=1S/C14H14ClNO3/c15-9-1-2-10-11(7-9)13(17)8-12(10)14(18)16-3-5-19-6-4-16/h1-2,7,12H,3-6,8H2. The predicted octanol–water partition coefficient (Wildman–Crippen LogP) is 1.87. The third kappa shape index (κ3) is 2.26. The molecule has 0 spiro atoms. The molecule has 4 nitrogen and oxygen atoms in total. The van der Waals surface area contributed by atoms with E-state index in [0.717, 1.165) is 5.56 Å². The largest absolute Gasteiger partial charge is 0.378 e. The molecule has 0 N–H and O–H groups in total. The summed E-state index contributed by atoms with van der Waals surface area (Å²) in [6.45, 7) is 2.35. The van der Waals surface area contributed by atoms with Gasteiger partial charge in [-0.05, 0) is 17.7 Å². The number of Topliss-reactive ketones (excluding diaryl/α,β-unsaturated/α-hetero) is 1. The van der Waals surface area contributed by atoms with Crippen molar-refractivity contribution < 1.29 is 14.3 Å². The van der Waals surface area contributed by atoms with Crippen LogP contribution in [0.5, 0.6) is 0 Å². The maximum atomic E-state index is 12.5. The van der Waals surface area contributed by atoms with Gasteiger partial charge in [0.25, 0.3) is 0 Å². The normalized spacial score (nSPS) is 22.5. The maximum Gasteiger partial charge on any atom is 0.230 e. The number of hydrogen-bond acceptors (Lipinski definition) is 3. The first-order valence-corrected chi connectivity index (χ1v) is 6.74. The van der Waals surface area contributed by atoms with E-state index in [4.69, 9.17) is 16.3 Å². The molecule has 0 saturated carbocycles. The zero-order valence-electron chi connectivity index (χ0n) is 10.4. The van der Waals surface area contributed by atoms with E-state index < -0.39 is 0 Å². The number of rotatable bonds is 1.